The zero-order valence-corrected chi connectivity index (χ0v) is 15.1. The molecule has 0 fully saturated rings. The fourth-order valence-corrected chi connectivity index (χ4v) is 2.62. The highest BCUT2D eigenvalue weighted by atomic mass is 16.2. The number of aryl methyl sites for hydroxylation is 1. The zero-order chi connectivity index (χ0) is 17.9. The van der Waals surface area contributed by atoms with Gasteiger partial charge in [-0.25, -0.2) is 0 Å². The summed E-state index contributed by atoms with van der Waals surface area (Å²) >= 11 is 0. The minimum atomic E-state index is -0.0761. The molecule has 1 aromatic heterocycles. The lowest BCUT2D eigenvalue weighted by Gasteiger charge is -2.09. The molecule has 130 valence electrons. The lowest BCUT2D eigenvalue weighted by Crippen LogP contribution is -2.28. The fourth-order valence-electron chi connectivity index (χ4n) is 2.62. The summed E-state index contributed by atoms with van der Waals surface area (Å²) in [7, 11) is 1.88. The second-order valence-electron chi connectivity index (χ2n) is 7.11. The number of benzene rings is 1. The van der Waals surface area contributed by atoms with E-state index in [1.54, 1.807) is 0 Å². The molecule has 1 heterocycles. The van der Waals surface area contributed by atoms with E-state index in [-0.39, 0.29) is 11.8 Å². The first-order chi connectivity index (χ1) is 11.3. The van der Waals surface area contributed by atoms with E-state index in [0.29, 0.717) is 30.5 Å². The molecule has 0 saturated heterocycles. The van der Waals surface area contributed by atoms with E-state index in [2.05, 4.69) is 24.5 Å². The maximum absolute atomic E-state index is 12.3. The van der Waals surface area contributed by atoms with E-state index >= 15 is 0 Å². The zero-order valence-electron chi connectivity index (χ0n) is 15.1. The number of hydrogen-bond acceptors (Lipinski definition) is 2. The largest absolute Gasteiger partial charge is 0.351 e. The molecule has 5 heteroatoms. The van der Waals surface area contributed by atoms with Crippen molar-refractivity contribution in [3.05, 3.63) is 30.0 Å². The molecular weight excluding hydrogens is 302 g/mol. The summed E-state index contributed by atoms with van der Waals surface area (Å²) in [5.41, 5.74) is 2.34. The van der Waals surface area contributed by atoms with Crippen molar-refractivity contribution in [2.75, 3.05) is 11.9 Å². The third-order valence-electron chi connectivity index (χ3n) is 3.82. The van der Waals surface area contributed by atoms with Gasteiger partial charge in [0.2, 0.25) is 5.91 Å². The number of nitrogens with zero attached hydrogens (tertiary/aromatic N) is 1. The molecule has 2 N–H and O–H groups in total. The van der Waals surface area contributed by atoms with Gasteiger partial charge in [0.15, 0.2) is 0 Å². The van der Waals surface area contributed by atoms with Gasteiger partial charge in [-0.2, -0.15) is 0 Å². The van der Waals surface area contributed by atoms with Crippen LogP contribution in [0, 0.1) is 11.8 Å². The predicted octanol–water partition coefficient (Wildman–Crippen LogP) is 3.55. The van der Waals surface area contributed by atoms with Gasteiger partial charge in [-0.15, -0.1) is 0 Å². The number of carbonyl (C=O) groups excluding carboxylic acids is 2. The molecule has 0 bridgehead atoms. The summed E-state index contributed by atoms with van der Waals surface area (Å²) in [6.45, 7) is 8.81. The van der Waals surface area contributed by atoms with Crippen molar-refractivity contribution >= 4 is 28.4 Å². The van der Waals surface area contributed by atoms with Gasteiger partial charge in [0.1, 0.15) is 5.69 Å². The molecule has 0 atom stereocenters. The first-order valence-electron chi connectivity index (χ1n) is 8.45. The molecule has 0 radical (unpaired) electrons. The Balaban J connectivity index is 2.21. The van der Waals surface area contributed by atoms with Crippen LogP contribution in [0.15, 0.2) is 24.3 Å². The Kier molecular flexibility index (Phi) is 5.65. The highest BCUT2D eigenvalue weighted by Gasteiger charge is 2.14. The van der Waals surface area contributed by atoms with Crippen LogP contribution in [0.3, 0.4) is 0 Å². The number of rotatable bonds is 6. The van der Waals surface area contributed by atoms with Gasteiger partial charge in [-0.05, 0) is 36.1 Å². The number of anilines is 1. The highest BCUT2D eigenvalue weighted by Crippen LogP contribution is 2.23. The molecule has 5 nitrogen and oxygen atoms in total. The second kappa shape index (κ2) is 7.51. The van der Waals surface area contributed by atoms with Crippen LogP contribution in [-0.2, 0) is 11.8 Å². The fraction of sp³-hybridized carbons (Fsp3) is 0.474. The molecule has 1 aromatic carbocycles. The third kappa shape index (κ3) is 4.37. The number of aromatic nitrogens is 1. The maximum Gasteiger partial charge on any atom is 0.267 e. The van der Waals surface area contributed by atoms with Crippen LogP contribution >= 0.6 is 0 Å². The minimum Gasteiger partial charge on any atom is -0.351 e. The predicted molar refractivity (Wildman–Crippen MR) is 98.2 cm³/mol. The van der Waals surface area contributed by atoms with Gasteiger partial charge in [-0.1, -0.05) is 27.7 Å². The Bertz CT molecular complexity index is 744. The summed E-state index contributed by atoms with van der Waals surface area (Å²) in [6.07, 6.45) is 0.496. The van der Waals surface area contributed by atoms with E-state index in [1.807, 2.05) is 49.7 Å². The average Bonchev–Trinajstić information content (AvgIpc) is 2.80. The topological polar surface area (TPSA) is 63.1 Å². The van der Waals surface area contributed by atoms with Crippen LogP contribution < -0.4 is 10.6 Å². The van der Waals surface area contributed by atoms with Crippen LogP contribution in [0.4, 0.5) is 5.69 Å². The number of nitrogens with one attached hydrogen (secondary N) is 2. The van der Waals surface area contributed by atoms with E-state index in [1.165, 1.54) is 0 Å². The molecule has 0 aliphatic rings. The van der Waals surface area contributed by atoms with Gasteiger partial charge >= 0.3 is 0 Å². The van der Waals surface area contributed by atoms with E-state index < -0.39 is 0 Å². The highest BCUT2D eigenvalue weighted by molar-refractivity contribution is 6.00. The first-order valence-corrected chi connectivity index (χ1v) is 8.45. The molecular formula is C19H27N3O2. The molecule has 24 heavy (non-hydrogen) atoms. The summed E-state index contributed by atoms with van der Waals surface area (Å²) in [6, 6.07) is 7.58. The number of carbonyl (C=O) groups is 2. The van der Waals surface area contributed by atoms with Crippen molar-refractivity contribution in [1.29, 1.82) is 0 Å². The van der Waals surface area contributed by atoms with Crippen LogP contribution in [-0.4, -0.2) is 22.9 Å². The number of amides is 2. The normalized spacial score (nSPS) is 11.3. The minimum absolute atomic E-state index is 0.00943. The van der Waals surface area contributed by atoms with Crippen molar-refractivity contribution < 1.29 is 9.59 Å². The molecule has 0 aliphatic carbocycles. The van der Waals surface area contributed by atoms with Crippen molar-refractivity contribution in [2.45, 2.75) is 34.1 Å². The van der Waals surface area contributed by atoms with Gasteiger partial charge in [0, 0.05) is 36.6 Å². The first kappa shape index (κ1) is 18.0. The van der Waals surface area contributed by atoms with Gasteiger partial charge in [0.25, 0.3) is 5.91 Å². The second-order valence-corrected chi connectivity index (χ2v) is 7.11. The quantitative estimate of drug-likeness (QED) is 0.851. The Morgan fingerprint density at radius 2 is 1.79 bits per heavy atom. The Morgan fingerprint density at radius 1 is 1.08 bits per heavy atom. The molecule has 0 aliphatic heterocycles. The van der Waals surface area contributed by atoms with Crippen molar-refractivity contribution in [2.24, 2.45) is 18.9 Å². The smallest absolute Gasteiger partial charge is 0.267 e. The van der Waals surface area contributed by atoms with Crippen LogP contribution in [0.2, 0.25) is 0 Å². The average molecular weight is 329 g/mol. The molecule has 0 saturated carbocycles. The van der Waals surface area contributed by atoms with Crippen molar-refractivity contribution in [3.63, 3.8) is 0 Å². The van der Waals surface area contributed by atoms with Crippen LogP contribution in [0.25, 0.3) is 10.9 Å². The van der Waals surface area contributed by atoms with Crippen molar-refractivity contribution in [1.82, 2.24) is 9.88 Å². The monoisotopic (exact) mass is 329 g/mol. The van der Waals surface area contributed by atoms with Crippen LogP contribution in [0.1, 0.15) is 44.6 Å². The summed E-state index contributed by atoms with van der Waals surface area (Å²) in [5, 5.41) is 6.79. The standard InChI is InChI=1S/C19H27N3O2/c1-12(2)8-18(23)21-15-6-7-16-14(9-15)10-17(22(16)5)19(24)20-11-13(3)4/h6-7,9-10,12-13H,8,11H2,1-5H3,(H,20,24)(H,21,23). The van der Waals surface area contributed by atoms with Gasteiger partial charge in [-0.3, -0.25) is 9.59 Å². The van der Waals surface area contributed by atoms with E-state index in [0.717, 1.165) is 16.6 Å². The van der Waals surface area contributed by atoms with E-state index in [9.17, 15) is 9.59 Å². The molecule has 2 amide bonds. The molecule has 2 rings (SSSR count). The Hall–Kier alpha value is -2.30. The van der Waals surface area contributed by atoms with Crippen LogP contribution in [0.5, 0.6) is 0 Å². The van der Waals surface area contributed by atoms with E-state index in [4.69, 9.17) is 0 Å². The molecule has 0 unspecified atom stereocenters. The number of fused-ring (bicyclic) bond motifs is 1. The lowest BCUT2D eigenvalue weighted by atomic mass is 10.1. The Morgan fingerprint density at radius 3 is 2.42 bits per heavy atom. The van der Waals surface area contributed by atoms with Gasteiger partial charge in [0.05, 0.1) is 0 Å². The molecule has 0 spiro atoms. The third-order valence-corrected chi connectivity index (χ3v) is 3.82. The summed E-state index contributed by atoms with van der Waals surface area (Å²) in [5.74, 6) is 0.663. The molecule has 2 aromatic rings. The maximum atomic E-state index is 12.3. The van der Waals surface area contributed by atoms with Gasteiger partial charge < -0.3 is 15.2 Å². The van der Waals surface area contributed by atoms with Crippen molar-refractivity contribution in [3.8, 4) is 0 Å². The number of hydrogen-bond donors (Lipinski definition) is 2. The summed E-state index contributed by atoms with van der Waals surface area (Å²) < 4.78 is 1.88. The lowest BCUT2D eigenvalue weighted by molar-refractivity contribution is -0.116. The summed E-state index contributed by atoms with van der Waals surface area (Å²) in [4.78, 5) is 24.2. The Labute approximate surface area is 143 Å². The SMILES string of the molecule is CC(C)CNC(=O)c1cc2cc(NC(=O)CC(C)C)ccc2n1C.